The zero-order valence-corrected chi connectivity index (χ0v) is 19.8. The lowest BCUT2D eigenvalue weighted by atomic mass is 10.2. The highest BCUT2D eigenvalue weighted by Gasteiger charge is 2.19. The zero-order chi connectivity index (χ0) is 23.1. The molecule has 2 heterocycles. The van der Waals surface area contributed by atoms with Crippen LogP contribution in [0.15, 0.2) is 41.0 Å². The number of benzene rings is 1. The maximum Gasteiger partial charge on any atom is 0.275 e. The molecule has 1 amide bonds. The molecule has 0 aliphatic rings. The van der Waals surface area contributed by atoms with Crippen LogP contribution in [0.5, 0.6) is 17.4 Å². The number of carbonyl (C=O) groups excluding carboxylic acids is 1. The highest BCUT2D eigenvalue weighted by atomic mass is 79.9. The number of ether oxygens (including phenoxy) is 3. The number of carbonyl (C=O) groups is 1. The van der Waals surface area contributed by atoms with Gasteiger partial charge in [-0.3, -0.25) is 4.79 Å². The van der Waals surface area contributed by atoms with Crippen LogP contribution < -0.4 is 24.8 Å². The highest BCUT2D eigenvalue weighted by molar-refractivity contribution is 9.10. The number of hydrogen-bond donors (Lipinski definition) is 2. The van der Waals surface area contributed by atoms with Gasteiger partial charge in [-0.1, -0.05) is 19.1 Å². The van der Waals surface area contributed by atoms with E-state index in [1.54, 1.807) is 44.6 Å². The molecule has 168 valence electrons. The third-order valence-corrected chi connectivity index (χ3v) is 5.04. The predicted octanol–water partition coefficient (Wildman–Crippen LogP) is 4.61. The van der Waals surface area contributed by atoms with Gasteiger partial charge in [0.05, 0.1) is 26.5 Å². The van der Waals surface area contributed by atoms with Gasteiger partial charge in [0, 0.05) is 6.07 Å². The van der Waals surface area contributed by atoms with Gasteiger partial charge in [0.2, 0.25) is 5.88 Å². The Balaban J connectivity index is 2.00. The summed E-state index contributed by atoms with van der Waals surface area (Å²) in [5, 5.41) is 5.98. The van der Waals surface area contributed by atoms with Crippen LogP contribution in [0.1, 0.15) is 30.0 Å². The number of pyridine rings is 1. The van der Waals surface area contributed by atoms with Gasteiger partial charge >= 0.3 is 0 Å². The number of amides is 1. The average Bonchev–Trinajstić information content (AvgIpc) is 2.81. The minimum absolute atomic E-state index is 0.194. The van der Waals surface area contributed by atoms with E-state index in [0.29, 0.717) is 52.2 Å². The molecule has 0 aliphatic carbocycles. The van der Waals surface area contributed by atoms with Crippen LogP contribution >= 0.6 is 15.9 Å². The quantitative estimate of drug-likeness (QED) is 0.437. The van der Waals surface area contributed by atoms with E-state index in [1.807, 2.05) is 19.9 Å². The van der Waals surface area contributed by atoms with Crippen molar-refractivity contribution in [3.63, 3.8) is 0 Å². The van der Waals surface area contributed by atoms with Gasteiger partial charge in [0.25, 0.3) is 5.91 Å². The Hall–Kier alpha value is -3.40. The summed E-state index contributed by atoms with van der Waals surface area (Å²) in [6, 6.07) is 10.4. The fraction of sp³-hybridized carbons (Fsp3) is 0.273. The summed E-state index contributed by atoms with van der Waals surface area (Å²) >= 11 is 3.45. The number of methoxy groups -OCH3 is 2. The lowest BCUT2D eigenvalue weighted by Crippen LogP contribution is -2.17. The first-order chi connectivity index (χ1) is 15.5. The smallest absolute Gasteiger partial charge is 0.275 e. The molecule has 0 atom stereocenters. The van der Waals surface area contributed by atoms with E-state index in [4.69, 9.17) is 14.2 Å². The van der Waals surface area contributed by atoms with Crippen LogP contribution in [0, 0.1) is 0 Å². The maximum atomic E-state index is 12.9. The van der Waals surface area contributed by atoms with Gasteiger partial charge in [-0.25, -0.2) is 15.0 Å². The first-order valence-corrected chi connectivity index (χ1v) is 10.8. The van der Waals surface area contributed by atoms with E-state index in [0.717, 1.165) is 0 Å². The molecule has 2 N–H and O–H groups in total. The molecule has 0 radical (unpaired) electrons. The van der Waals surface area contributed by atoms with Gasteiger partial charge in [-0.15, -0.1) is 0 Å². The second-order valence-electron chi connectivity index (χ2n) is 6.42. The topological polar surface area (TPSA) is 107 Å². The molecule has 9 nitrogen and oxygen atoms in total. The van der Waals surface area contributed by atoms with Crippen molar-refractivity contribution < 1.29 is 19.0 Å². The number of nitrogens with zero attached hydrogens (tertiary/aromatic N) is 3. The molecular formula is C22H24BrN5O4. The number of hydrogen-bond acceptors (Lipinski definition) is 8. The molecule has 0 fully saturated rings. The Morgan fingerprint density at radius 1 is 0.969 bits per heavy atom. The molecule has 2 aromatic heterocycles. The Kier molecular flexibility index (Phi) is 7.82. The van der Waals surface area contributed by atoms with Crippen LogP contribution in [-0.4, -0.2) is 41.7 Å². The first kappa shape index (κ1) is 23.3. The van der Waals surface area contributed by atoms with E-state index < -0.39 is 5.91 Å². The predicted molar refractivity (Wildman–Crippen MR) is 125 cm³/mol. The number of rotatable bonds is 9. The fourth-order valence-corrected chi connectivity index (χ4v) is 3.43. The average molecular weight is 502 g/mol. The monoisotopic (exact) mass is 501 g/mol. The fourth-order valence-electron chi connectivity index (χ4n) is 2.88. The lowest BCUT2D eigenvalue weighted by Gasteiger charge is -2.17. The minimum atomic E-state index is -0.444. The number of nitrogens with one attached hydrogen (secondary N) is 2. The van der Waals surface area contributed by atoms with Crippen molar-refractivity contribution in [3.8, 4) is 17.4 Å². The van der Waals surface area contributed by atoms with Crippen molar-refractivity contribution in [1.29, 1.82) is 0 Å². The Morgan fingerprint density at radius 2 is 1.66 bits per heavy atom. The lowest BCUT2D eigenvalue weighted by molar-refractivity contribution is 0.102. The van der Waals surface area contributed by atoms with Crippen LogP contribution in [-0.2, 0) is 6.42 Å². The largest absolute Gasteiger partial charge is 0.494 e. The number of halogens is 1. The molecule has 0 bridgehead atoms. The summed E-state index contributed by atoms with van der Waals surface area (Å²) < 4.78 is 16.8. The number of aromatic nitrogens is 3. The number of aryl methyl sites for hydroxylation is 1. The Bertz CT molecular complexity index is 1090. The van der Waals surface area contributed by atoms with Gasteiger partial charge in [-0.05, 0) is 47.5 Å². The van der Waals surface area contributed by atoms with Crippen molar-refractivity contribution in [2.45, 2.75) is 20.3 Å². The van der Waals surface area contributed by atoms with Crippen LogP contribution in [0.25, 0.3) is 0 Å². The second-order valence-corrected chi connectivity index (χ2v) is 7.17. The third-order valence-electron chi connectivity index (χ3n) is 4.41. The summed E-state index contributed by atoms with van der Waals surface area (Å²) in [5.74, 6) is 1.57. The van der Waals surface area contributed by atoms with Crippen LogP contribution in [0.4, 0.5) is 17.3 Å². The van der Waals surface area contributed by atoms with Crippen molar-refractivity contribution in [3.05, 3.63) is 52.4 Å². The van der Waals surface area contributed by atoms with Gasteiger partial charge < -0.3 is 24.8 Å². The van der Waals surface area contributed by atoms with Crippen molar-refractivity contribution in [2.75, 3.05) is 31.5 Å². The van der Waals surface area contributed by atoms with E-state index in [2.05, 4.69) is 41.5 Å². The van der Waals surface area contributed by atoms with Gasteiger partial charge in [0.15, 0.2) is 11.6 Å². The maximum absolute atomic E-state index is 12.9. The SMILES string of the molecule is CCOc1cccc(C(=O)Nc2nc(CC)c(Br)nc2Nc2c(OC)cccc2OC)n1. The van der Waals surface area contributed by atoms with Gasteiger partial charge in [-0.2, -0.15) is 0 Å². The molecule has 32 heavy (non-hydrogen) atoms. The highest BCUT2D eigenvalue weighted by Crippen LogP contribution is 2.38. The second kappa shape index (κ2) is 10.8. The Labute approximate surface area is 194 Å². The number of anilines is 3. The molecule has 0 aliphatic heterocycles. The third kappa shape index (κ3) is 5.25. The summed E-state index contributed by atoms with van der Waals surface area (Å²) in [7, 11) is 3.11. The first-order valence-electron chi connectivity index (χ1n) is 9.96. The molecule has 0 unspecified atom stereocenters. The molecule has 3 aromatic rings. The Morgan fingerprint density at radius 3 is 2.28 bits per heavy atom. The van der Waals surface area contributed by atoms with Gasteiger partial charge in [0.1, 0.15) is 27.5 Å². The van der Waals surface area contributed by atoms with Crippen molar-refractivity contribution in [1.82, 2.24) is 15.0 Å². The summed E-state index contributed by atoms with van der Waals surface area (Å²) in [5.41, 5.74) is 1.43. The summed E-state index contributed by atoms with van der Waals surface area (Å²) in [4.78, 5) is 26.3. The molecular weight excluding hydrogens is 478 g/mol. The van der Waals surface area contributed by atoms with Crippen molar-refractivity contribution in [2.24, 2.45) is 0 Å². The summed E-state index contributed by atoms with van der Waals surface area (Å²) in [6.07, 6.45) is 0.618. The molecule has 3 rings (SSSR count). The number of para-hydroxylation sites is 1. The van der Waals surface area contributed by atoms with E-state index in [9.17, 15) is 4.79 Å². The van der Waals surface area contributed by atoms with Crippen LogP contribution in [0.3, 0.4) is 0 Å². The zero-order valence-electron chi connectivity index (χ0n) is 18.2. The molecule has 0 spiro atoms. The van der Waals surface area contributed by atoms with Crippen molar-refractivity contribution >= 4 is 39.2 Å². The summed E-state index contributed by atoms with van der Waals surface area (Å²) in [6.45, 7) is 4.25. The molecule has 0 saturated heterocycles. The standard InChI is InChI=1S/C22H24BrN5O4/c1-5-13-19(23)27-21(26-18-15(30-3)10-8-11-16(18)31-4)20(25-13)28-22(29)14-9-7-12-17(24-14)32-6-2/h7-12H,5-6H2,1-4H3,(H,26,27)(H,25,28,29). The van der Waals surface area contributed by atoms with E-state index in [1.165, 1.54) is 0 Å². The minimum Gasteiger partial charge on any atom is -0.494 e. The van der Waals surface area contributed by atoms with Crippen LogP contribution in [0.2, 0.25) is 0 Å². The molecule has 10 heteroatoms. The van der Waals surface area contributed by atoms with E-state index in [-0.39, 0.29) is 11.5 Å². The molecule has 0 saturated carbocycles. The molecule has 1 aromatic carbocycles. The normalized spacial score (nSPS) is 10.4. The van der Waals surface area contributed by atoms with E-state index >= 15 is 0 Å².